The Bertz CT molecular complexity index is 854. The molecular formula is C20H23N5. The zero-order chi connectivity index (χ0) is 17.2. The first-order chi connectivity index (χ1) is 12.2. The fraction of sp³-hybridized carbons (Fsp3) is 0.350. The predicted molar refractivity (Wildman–Crippen MR) is 102 cm³/mol. The van der Waals surface area contributed by atoms with Crippen LogP contribution < -0.4 is 4.90 Å². The molecule has 0 saturated carbocycles. The van der Waals surface area contributed by atoms with Gasteiger partial charge in [-0.2, -0.15) is 0 Å². The minimum absolute atomic E-state index is 0.660. The molecule has 4 heterocycles. The van der Waals surface area contributed by atoms with E-state index in [2.05, 4.69) is 46.0 Å². The fourth-order valence-electron chi connectivity index (χ4n) is 3.58. The molecule has 1 saturated heterocycles. The number of hydrogen-bond donors (Lipinski definition) is 0. The van der Waals surface area contributed by atoms with Crippen LogP contribution in [-0.2, 0) is 0 Å². The van der Waals surface area contributed by atoms with Crippen LogP contribution in [-0.4, -0.2) is 53.1 Å². The molecule has 3 aromatic rings. The van der Waals surface area contributed by atoms with Crippen molar-refractivity contribution in [2.24, 2.45) is 0 Å². The van der Waals surface area contributed by atoms with Crippen molar-refractivity contribution in [2.75, 3.05) is 32.1 Å². The van der Waals surface area contributed by atoms with E-state index in [0.717, 1.165) is 35.6 Å². The van der Waals surface area contributed by atoms with Crippen molar-refractivity contribution in [3.8, 4) is 11.3 Å². The predicted octanol–water partition coefficient (Wildman–Crippen LogP) is 3.22. The number of rotatable bonds is 3. The van der Waals surface area contributed by atoms with Crippen LogP contribution in [0, 0.1) is 0 Å². The molecule has 0 bridgehead atoms. The summed E-state index contributed by atoms with van der Waals surface area (Å²) in [6.07, 6.45) is 9.74. The molecule has 1 fully saturated rings. The molecule has 1 aliphatic heterocycles. The number of fused-ring (bicyclic) bond motifs is 1. The van der Waals surface area contributed by atoms with Crippen molar-refractivity contribution in [3.63, 3.8) is 0 Å². The van der Waals surface area contributed by atoms with Crippen molar-refractivity contribution in [2.45, 2.75) is 18.9 Å². The van der Waals surface area contributed by atoms with E-state index >= 15 is 0 Å². The van der Waals surface area contributed by atoms with Gasteiger partial charge in [0.05, 0.1) is 5.69 Å². The van der Waals surface area contributed by atoms with E-state index < -0.39 is 0 Å². The van der Waals surface area contributed by atoms with E-state index in [1.807, 2.05) is 36.9 Å². The molecular weight excluding hydrogens is 310 g/mol. The molecule has 128 valence electrons. The maximum atomic E-state index is 5.02. The average molecular weight is 333 g/mol. The third-order valence-electron chi connectivity index (χ3n) is 5.08. The Morgan fingerprint density at radius 1 is 1.00 bits per heavy atom. The van der Waals surface area contributed by atoms with Crippen molar-refractivity contribution in [1.82, 2.24) is 19.9 Å². The lowest BCUT2D eigenvalue weighted by Gasteiger charge is -2.36. The molecule has 4 rings (SSSR count). The number of pyridine rings is 3. The Hall–Kier alpha value is -2.53. The SMILES string of the molecule is CN(C)C1CCN(c2nc(-c3ccncc3)cc3cnccc23)CC1. The van der Waals surface area contributed by atoms with Gasteiger partial charge in [-0.05, 0) is 51.2 Å². The topological polar surface area (TPSA) is 45.2 Å². The summed E-state index contributed by atoms with van der Waals surface area (Å²) < 4.78 is 0. The molecule has 0 atom stereocenters. The highest BCUT2D eigenvalue weighted by molar-refractivity contribution is 5.94. The minimum Gasteiger partial charge on any atom is -0.356 e. The highest BCUT2D eigenvalue weighted by atomic mass is 15.2. The Balaban J connectivity index is 1.75. The number of anilines is 1. The second-order valence-corrected chi connectivity index (χ2v) is 6.85. The molecule has 0 spiro atoms. The van der Waals surface area contributed by atoms with Gasteiger partial charge in [-0.15, -0.1) is 0 Å². The Morgan fingerprint density at radius 2 is 1.72 bits per heavy atom. The van der Waals surface area contributed by atoms with Crippen molar-refractivity contribution >= 4 is 16.6 Å². The molecule has 5 heteroatoms. The Labute approximate surface area is 148 Å². The van der Waals surface area contributed by atoms with Gasteiger partial charge in [0, 0.05) is 60.3 Å². The second kappa shape index (κ2) is 6.76. The van der Waals surface area contributed by atoms with Crippen LogP contribution in [0.4, 0.5) is 5.82 Å². The minimum atomic E-state index is 0.660. The molecule has 0 aliphatic carbocycles. The summed E-state index contributed by atoms with van der Waals surface area (Å²) in [5.74, 6) is 1.07. The van der Waals surface area contributed by atoms with E-state index in [1.165, 1.54) is 18.2 Å². The van der Waals surface area contributed by atoms with Crippen LogP contribution in [0.2, 0.25) is 0 Å². The number of aromatic nitrogens is 3. The molecule has 0 radical (unpaired) electrons. The van der Waals surface area contributed by atoms with Gasteiger partial charge < -0.3 is 9.80 Å². The molecule has 25 heavy (non-hydrogen) atoms. The monoisotopic (exact) mass is 333 g/mol. The maximum Gasteiger partial charge on any atom is 0.137 e. The third-order valence-corrected chi connectivity index (χ3v) is 5.08. The van der Waals surface area contributed by atoms with Gasteiger partial charge in [-0.3, -0.25) is 9.97 Å². The van der Waals surface area contributed by atoms with Gasteiger partial charge in [0.25, 0.3) is 0 Å². The first-order valence-electron chi connectivity index (χ1n) is 8.79. The van der Waals surface area contributed by atoms with Gasteiger partial charge in [0.2, 0.25) is 0 Å². The van der Waals surface area contributed by atoms with E-state index in [-0.39, 0.29) is 0 Å². The first-order valence-corrected chi connectivity index (χ1v) is 8.79. The van der Waals surface area contributed by atoms with Gasteiger partial charge in [0.1, 0.15) is 5.82 Å². The second-order valence-electron chi connectivity index (χ2n) is 6.85. The van der Waals surface area contributed by atoms with Crippen molar-refractivity contribution in [3.05, 3.63) is 49.1 Å². The van der Waals surface area contributed by atoms with Gasteiger partial charge >= 0.3 is 0 Å². The highest BCUT2D eigenvalue weighted by Gasteiger charge is 2.23. The third kappa shape index (κ3) is 3.20. The quantitative estimate of drug-likeness (QED) is 0.736. The van der Waals surface area contributed by atoms with Crippen molar-refractivity contribution < 1.29 is 0 Å². The molecule has 1 aliphatic rings. The van der Waals surface area contributed by atoms with E-state index in [4.69, 9.17) is 4.98 Å². The van der Waals surface area contributed by atoms with Crippen LogP contribution in [0.5, 0.6) is 0 Å². The van der Waals surface area contributed by atoms with Gasteiger partial charge in [0.15, 0.2) is 0 Å². The van der Waals surface area contributed by atoms with Crippen LogP contribution in [0.25, 0.3) is 22.0 Å². The van der Waals surface area contributed by atoms with E-state index in [9.17, 15) is 0 Å². The van der Waals surface area contributed by atoms with Crippen LogP contribution >= 0.6 is 0 Å². The fourth-order valence-corrected chi connectivity index (χ4v) is 3.58. The first kappa shape index (κ1) is 16.0. The Morgan fingerprint density at radius 3 is 2.44 bits per heavy atom. The van der Waals surface area contributed by atoms with Gasteiger partial charge in [-0.25, -0.2) is 4.98 Å². The van der Waals surface area contributed by atoms with E-state index in [1.54, 1.807) is 0 Å². The summed E-state index contributed by atoms with van der Waals surface area (Å²) in [7, 11) is 4.34. The highest BCUT2D eigenvalue weighted by Crippen LogP contribution is 2.31. The number of hydrogen-bond acceptors (Lipinski definition) is 5. The van der Waals surface area contributed by atoms with Crippen molar-refractivity contribution in [1.29, 1.82) is 0 Å². The molecule has 0 N–H and O–H groups in total. The molecule has 5 nitrogen and oxygen atoms in total. The number of nitrogens with zero attached hydrogens (tertiary/aromatic N) is 5. The average Bonchev–Trinajstić information content (AvgIpc) is 2.68. The standard InChI is InChI=1S/C20H23N5/c1-24(2)17-6-11-25(12-7-17)20-18-5-10-22-14-16(18)13-19(23-20)15-3-8-21-9-4-15/h3-5,8-10,13-14,17H,6-7,11-12H2,1-2H3. The summed E-state index contributed by atoms with van der Waals surface area (Å²) in [4.78, 5) is 18.2. The zero-order valence-corrected chi connectivity index (χ0v) is 14.8. The maximum absolute atomic E-state index is 5.02. The molecule has 0 unspecified atom stereocenters. The normalized spacial score (nSPS) is 15.9. The Kier molecular flexibility index (Phi) is 4.32. The summed E-state index contributed by atoms with van der Waals surface area (Å²) in [6, 6.07) is 8.87. The largest absolute Gasteiger partial charge is 0.356 e. The van der Waals surface area contributed by atoms with E-state index in [0.29, 0.717) is 6.04 Å². The summed E-state index contributed by atoms with van der Waals surface area (Å²) in [5.41, 5.74) is 2.07. The molecule has 0 amide bonds. The lowest BCUT2D eigenvalue weighted by Crippen LogP contribution is -2.42. The van der Waals surface area contributed by atoms with Crippen LogP contribution in [0.1, 0.15) is 12.8 Å². The lowest BCUT2D eigenvalue weighted by molar-refractivity contribution is 0.249. The zero-order valence-electron chi connectivity index (χ0n) is 14.8. The summed E-state index contributed by atoms with van der Waals surface area (Å²) >= 11 is 0. The van der Waals surface area contributed by atoms with Crippen LogP contribution in [0.15, 0.2) is 49.1 Å². The van der Waals surface area contributed by atoms with Gasteiger partial charge in [-0.1, -0.05) is 0 Å². The number of piperidine rings is 1. The molecule has 3 aromatic heterocycles. The smallest absolute Gasteiger partial charge is 0.137 e. The van der Waals surface area contributed by atoms with Crippen LogP contribution in [0.3, 0.4) is 0 Å². The lowest BCUT2D eigenvalue weighted by atomic mass is 10.0. The summed E-state index contributed by atoms with van der Waals surface area (Å²) in [5, 5.41) is 2.31. The molecule has 0 aromatic carbocycles. The summed E-state index contributed by atoms with van der Waals surface area (Å²) in [6.45, 7) is 2.07.